The van der Waals surface area contributed by atoms with Crippen LogP contribution in [0.15, 0.2) is 52.1 Å². The molecule has 1 amide bonds. The number of nitrogens with one attached hydrogen (secondary N) is 1. The molecule has 0 saturated carbocycles. The van der Waals surface area contributed by atoms with Crippen molar-refractivity contribution in [3.63, 3.8) is 0 Å². The number of nitrogens with zero attached hydrogens (tertiary/aromatic N) is 2. The molecule has 1 N–H and O–H groups in total. The number of carbonyl (C=O) groups is 1. The van der Waals surface area contributed by atoms with Gasteiger partial charge in [-0.1, -0.05) is 6.07 Å². The highest BCUT2D eigenvalue weighted by atomic mass is 32.1. The fourth-order valence-corrected chi connectivity index (χ4v) is 6.13. The topological polar surface area (TPSA) is 82.3 Å². The van der Waals surface area contributed by atoms with E-state index in [1.807, 2.05) is 39.0 Å². The van der Waals surface area contributed by atoms with Crippen molar-refractivity contribution in [2.24, 2.45) is 0 Å². The second-order valence-corrected chi connectivity index (χ2v) is 10.3. The van der Waals surface area contributed by atoms with Gasteiger partial charge in [0, 0.05) is 10.6 Å². The van der Waals surface area contributed by atoms with Gasteiger partial charge in [-0.25, -0.2) is 9.36 Å². The molecule has 0 unspecified atom stereocenters. The van der Waals surface area contributed by atoms with Crippen LogP contribution in [0.4, 0.5) is 5.69 Å². The second kappa shape index (κ2) is 9.78. The summed E-state index contributed by atoms with van der Waals surface area (Å²) >= 11 is 1.47. The molecule has 0 fully saturated rings. The summed E-state index contributed by atoms with van der Waals surface area (Å²) in [6.07, 6.45) is 3.76. The third-order valence-corrected chi connectivity index (χ3v) is 8.05. The molecule has 0 saturated heterocycles. The van der Waals surface area contributed by atoms with Crippen LogP contribution in [0.1, 0.15) is 41.3 Å². The lowest BCUT2D eigenvalue weighted by Gasteiger charge is -2.14. The largest absolute Gasteiger partial charge is 0.494 e. The van der Waals surface area contributed by atoms with Crippen molar-refractivity contribution in [2.75, 3.05) is 11.9 Å². The molecule has 36 heavy (non-hydrogen) atoms. The summed E-state index contributed by atoms with van der Waals surface area (Å²) < 4.78 is 8.15. The van der Waals surface area contributed by atoms with Crippen molar-refractivity contribution < 1.29 is 9.53 Å². The van der Waals surface area contributed by atoms with E-state index in [0.717, 1.165) is 47.3 Å². The van der Waals surface area contributed by atoms with E-state index in [9.17, 15) is 14.4 Å². The van der Waals surface area contributed by atoms with E-state index >= 15 is 0 Å². The van der Waals surface area contributed by atoms with Crippen LogP contribution < -0.4 is 21.3 Å². The van der Waals surface area contributed by atoms with Gasteiger partial charge in [-0.05, 0) is 99.5 Å². The minimum absolute atomic E-state index is 0.182. The highest BCUT2D eigenvalue weighted by molar-refractivity contribution is 7.18. The van der Waals surface area contributed by atoms with Gasteiger partial charge in [0.05, 0.1) is 17.7 Å². The average Bonchev–Trinajstić information content (AvgIpc) is 3.25. The minimum Gasteiger partial charge on any atom is -0.494 e. The molecule has 7 nitrogen and oxygen atoms in total. The summed E-state index contributed by atoms with van der Waals surface area (Å²) in [5.41, 5.74) is 3.51. The van der Waals surface area contributed by atoms with Crippen molar-refractivity contribution in [2.45, 2.75) is 53.0 Å². The van der Waals surface area contributed by atoms with Crippen LogP contribution in [0.25, 0.3) is 15.9 Å². The van der Waals surface area contributed by atoms with E-state index in [4.69, 9.17) is 4.74 Å². The van der Waals surface area contributed by atoms with E-state index in [1.54, 1.807) is 24.3 Å². The van der Waals surface area contributed by atoms with Crippen LogP contribution in [0.3, 0.4) is 0 Å². The Morgan fingerprint density at radius 3 is 2.50 bits per heavy atom. The monoisotopic (exact) mass is 503 g/mol. The number of hydrogen-bond acceptors (Lipinski definition) is 5. The molecule has 4 aromatic rings. The molecule has 8 heteroatoms. The van der Waals surface area contributed by atoms with Crippen molar-refractivity contribution in [1.82, 2.24) is 9.13 Å². The molecule has 0 spiro atoms. The molecule has 0 radical (unpaired) electrons. The SMILES string of the molecule is CCOc1ccc(-n2c(=O)c3c4c(sc3n(CC(=O)Nc3ccc(C)c(C)c3)c2=O)CCCC4)cc1. The average molecular weight is 504 g/mol. The van der Waals surface area contributed by atoms with Gasteiger partial charge >= 0.3 is 5.69 Å². The molecule has 2 aromatic carbocycles. The number of hydrogen-bond donors (Lipinski definition) is 1. The molecule has 2 heterocycles. The van der Waals surface area contributed by atoms with Gasteiger partial charge in [-0.2, -0.15) is 0 Å². The second-order valence-electron chi connectivity index (χ2n) is 9.17. The first-order valence-electron chi connectivity index (χ1n) is 12.3. The molecule has 0 atom stereocenters. The zero-order valence-corrected chi connectivity index (χ0v) is 21.5. The number of anilines is 1. The van der Waals surface area contributed by atoms with Crippen LogP contribution >= 0.6 is 11.3 Å². The first-order chi connectivity index (χ1) is 17.4. The lowest BCUT2D eigenvalue weighted by Crippen LogP contribution is -2.40. The van der Waals surface area contributed by atoms with Crippen LogP contribution in [-0.2, 0) is 24.2 Å². The van der Waals surface area contributed by atoms with E-state index in [-0.39, 0.29) is 18.0 Å². The smallest absolute Gasteiger partial charge is 0.337 e. The summed E-state index contributed by atoms with van der Waals surface area (Å²) in [5.74, 6) is 0.348. The number of rotatable bonds is 6. The summed E-state index contributed by atoms with van der Waals surface area (Å²) in [5, 5.41) is 3.47. The minimum atomic E-state index is -0.523. The van der Waals surface area contributed by atoms with Crippen molar-refractivity contribution in [1.29, 1.82) is 0 Å². The molecule has 1 aliphatic rings. The molecule has 2 aromatic heterocycles. The Balaban J connectivity index is 1.63. The van der Waals surface area contributed by atoms with Crippen LogP contribution in [-0.4, -0.2) is 21.6 Å². The third-order valence-electron chi connectivity index (χ3n) is 6.74. The van der Waals surface area contributed by atoms with Gasteiger partial charge in [-0.15, -0.1) is 11.3 Å². The molecule has 186 valence electrons. The Hall–Kier alpha value is -3.65. The van der Waals surface area contributed by atoms with E-state index in [0.29, 0.717) is 33.9 Å². The lowest BCUT2D eigenvalue weighted by atomic mass is 9.97. The Labute approximate surface area is 213 Å². The Kier molecular flexibility index (Phi) is 6.53. The van der Waals surface area contributed by atoms with E-state index in [2.05, 4.69) is 5.32 Å². The fourth-order valence-electron chi connectivity index (χ4n) is 4.76. The molecular weight excluding hydrogens is 474 g/mol. The van der Waals surface area contributed by atoms with Crippen molar-refractivity contribution in [3.05, 3.63) is 84.9 Å². The van der Waals surface area contributed by atoms with E-state index < -0.39 is 5.69 Å². The van der Waals surface area contributed by atoms with Crippen molar-refractivity contribution >= 4 is 33.1 Å². The standard InChI is InChI=1S/C28H29N3O4S/c1-4-35-21-13-11-20(12-14-21)31-26(33)25-22-7-5-6-8-23(22)36-27(25)30(28(31)34)16-24(32)29-19-10-9-17(2)18(3)15-19/h9-15H,4-8,16H2,1-3H3,(H,29,32). The van der Waals surface area contributed by atoms with Crippen LogP contribution in [0.2, 0.25) is 0 Å². The normalized spacial score (nSPS) is 13.0. The number of amides is 1. The molecule has 1 aliphatic carbocycles. The van der Waals surface area contributed by atoms with E-state index in [1.165, 1.54) is 20.5 Å². The Morgan fingerprint density at radius 2 is 1.78 bits per heavy atom. The Bertz CT molecular complexity index is 1580. The number of carbonyl (C=O) groups excluding carboxylic acids is 1. The number of thiophene rings is 1. The zero-order chi connectivity index (χ0) is 25.4. The van der Waals surface area contributed by atoms with Crippen LogP contribution in [0, 0.1) is 13.8 Å². The summed E-state index contributed by atoms with van der Waals surface area (Å²) in [6.45, 7) is 6.24. The quantitative estimate of drug-likeness (QED) is 0.412. The van der Waals surface area contributed by atoms with Gasteiger partial charge in [0.15, 0.2) is 0 Å². The predicted octanol–water partition coefficient (Wildman–Crippen LogP) is 4.75. The summed E-state index contributed by atoms with van der Waals surface area (Å²) in [6, 6.07) is 12.6. The van der Waals surface area contributed by atoms with Gasteiger partial charge in [0.25, 0.3) is 5.56 Å². The first kappa shape index (κ1) is 24.1. The van der Waals surface area contributed by atoms with Crippen molar-refractivity contribution in [3.8, 4) is 11.4 Å². The number of fused-ring (bicyclic) bond motifs is 3. The van der Waals surface area contributed by atoms with Gasteiger partial charge in [0.2, 0.25) is 5.91 Å². The molecule has 0 aliphatic heterocycles. The molecule has 5 rings (SSSR count). The molecular formula is C28H29N3O4S. The van der Waals surface area contributed by atoms with Crippen LogP contribution in [0.5, 0.6) is 5.75 Å². The highest BCUT2D eigenvalue weighted by Gasteiger charge is 2.25. The first-order valence-corrected chi connectivity index (χ1v) is 13.1. The summed E-state index contributed by atoms with van der Waals surface area (Å²) in [7, 11) is 0. The zero-order valence-electron chi connectivity index (χ0n) is 20.7. The highest BCUT2D eigenvalue weighted by Crippen LogP contribution is 2.34. The van der Waals surface area contributed by atoms with Gasteiger partial charge < -0.3 is 10.1 Å². The van der Waals surface area contributed by atoms with Gasteiger partial charge in [0.1, 0.15) is 17.1 Å². The summed E-state index contributed by atoms with van der Waals surface area (Å²) in [4.78, 5) is 42.3. The van der Waals surface area contributed by atoms with Gasteiger partial charge in [-0.3, -0.25) is 14.2 Å². The molecule has 0 bridgehead atoms. The number of aromatic nitrogens is 2. The number of ether oxygens (including phenoxy) is 1. The number of aryl methyl sites for hydroxylation is 4. The number of benzene rings is 2. The maximum atomic E-state index is 13.7. The lowest BCUT2D eigenvalue weighted by molar-refractivity contribution is -0.116. The maximum Gasteiger partial charge on any atom is 0.337 e. The third kappa shape index (κ3) is 4.37. The Morgan fingerprint density at radius 1 is 1.03 bits per heavy atom. The predicted molar refractivity (Wildman–Crippen MR) is 144 cm³/mol. The fraction of sp³-hybridized carbons (Fsp3) is 0.321. The maximum absolute atomic E-state index is 13.7.